The van der Waals surface area contributed by atoms with E-state index in [1.807, 2.05) is 27.0 Å². The van der Waals surface area contributed by atoms with Crippen LogP contribution in [0.4, 0.5) is 4.39 Å². The van der Waals surface area contributed by atoms with E-state index in [2.05, 4.69) is 9.88 Å². The minimum absolute atomic E-state index is 0.111. The molecule has 0 N–H and O–H groups in total. The van der Waals surface area contributed by atoms with Crippen molar-refractivity contribution >= 4 is 5.91 Å². The molecule has 156 valence electrons. The fourth-order valence-electron chi connectivity index (χ4n) is 4.07. The van der Waals surface area contributed by atoms with Gasteiger partial charge in [-0.1, -0.05) is 11.6 Å². The van der Waals surface area contributed by atoms with Gasteiger partial charge in [0.2, 0.25) is 0 Å². The average molecular weight is 400 g/mol. The maximum Gasteiger partial charge on any atom is 0.256 e. The van der Waals surface area contributed by atoms with Crippen molar-refractivity contribution < 1.29 is 13.9 Å². The van der Waals surface area contributed by atoms with E-state index in [0.717, 1.165) is 60.6 Å². The Morgan fingerprint density at radius 3 is 2.62 bits per heavy atom. The van der Waals surface area contributed by atoms with Gasteiger partial charge in [-0.2, -0.15) is 0 Å². The van der Waals surface area contributed by atoms with Crippen molar-refractivity contribution in [2.45, 2.75) is 46.2 Å². The molecule has 5 nitrogen and oxygen atoms in total. The molecule has 0 saturated carbocycles. The van der Waals surface area contributed by atoms with Gasteiger partial charge in [-0.25, -0.2) is 4.39 Å². The quantitative estimate of drug-likeness (QED) is 0.765. The number of pyridine rings is 1. The topological polar surface area (TPSA) is 45.7 Å². The molecule has 1 aromatic carbocycles. The highest BCUT2D eigenvalue weighted by atomic mass is 19.1. The number of piperidine rings is 1. The summed E-state index contributed by atoms with van der Waals surface area (Å²) in [5, 5.41) is 0. The molecule has 0 spiro atoms. The van der Waals surface area contributed by atoms with Crippen molar-refractivity contribution in [3.8, 4) is 5.75 Å². The first-order valence-corrected chi connectivity index (χ1v) is 10.1. The number of likely N-dealkylation sites (tertiary alicyclic amines) is 1. The third-order valence-electron chi connectivity index (χ3n) is 5.90. The van der Waals surface area contributed by atoms with E-state index in [0.29, 0.717) is 0 Å². The summed E-state index contributed by atoms with van der Waals surface area (Å²) in [7, 11) is 3.47. The van der Waals surface area contributed by atoms with Crippen LogP contribution in [-0.2, 0) is 6.54 Å². The van der Waals surface area contributed by atoms with E-state index in [1.165, 1.54) is 6.07 Å². The lowest BCUT2D eigenvalue weighted by Crippen LogP contribution is -2.45. The Morgan fingerprint density at radius 1 is 1.28 bits per heavy atom. The second kappa shape index (κ2) is 8.91. The van der Waals surface area contributed by atoms with Gasteiger partial charge < -0.3 is 9.64 Å². The summed E-state index contributed by atoms with van der Waals surface area (Å²) in [4.78, 5) is 21.4. The fraction of sp³-hybridized carbons (Fsp3) is 0.478. The third kappa shape index (κ3) is 4.58. The zero-order chi connectivity index (χ0) is 21.1. The van der Waals surface area contributed by atoms with Gasteiger partial charge >= 0.3 is 0 Å². The van der Waals surface area contributed by atoms with Crippen molar-refractivity contribution in [1.29, 1.82) is 0 Å². The first-order chi connectivity index (χ1) is 13.8. The predicted octanol–water partition coefficient (Wildman–Crippen LogP) is 3.89. The fourth-order valence-corrected chi connectivity index (χ4v) is 4.07. The molecule has 1 aromatic heterocycles. The molecule has 0 radical (unpaired) electrons. The highest BCUT2D eigenvalue weighted by Gasteiger charge is 2.28. The molecule has 1 aliphatic heterocycles. The normalized spacial score (nSPS) is 15.4. The van der Waals surface area contributed by atoms with E-state index in [4.69, 9.17) is 4.74 Å². The Hall–Kier alpha value is -2.47. The van der Waals surface area contributed by atoms with Crippen LogP contribution < -0.4 is 4.74 Å². The number of carbonyl (C=O) groups excluding carboxylic acids is 1. The Morgan fingerprint density at radius 2 is 1.97 bits per heavy atom. The van der Waals surface area contributed by atoms with Crippen molar-refractivity contribution in [3.63, 3.8) is 0 Å². The third-order valence-corrected chi connectivity index (χ3v) is 5.90. The number of aryl methyl sites for hydroxylation is 2. The van der Waals surface area contributed by atoms with Crippen molar-refractivity contribution in [2.75, 3.05) is 27.2 Å². The van der Waals surface area contributed by atoms with Crippen LogP contribution in [0.2, 0.25) is 0 Å². The number of rotatable bonds is 5. The lowest BCUT2D eigenvalue weighted by Gasteiger charge is -2.37. The number of ether oxygens (including phenoxy) is 1. The molecule has 6 heteroatoms. The first kappa shape index (κ1) is 21.2. The highest BCUT2D eigenvalue weighted by Crippen LogP contribution is 2.26. The highest BCUT2D eigenvalue weighted by molar-refractivity contribution is 5.94. The Balaban J connectivity index is 1.62. The van der Waals surface area contributed by atoms with Crippen LogP contribution in [0.25, 0.3) is 0 Å². The van der Waals surface area contributed by atoms with Crippen LogP contribution in [0.3, 0.4) is 0 Å². The van der Waals surface area contributed by atoms with E-state index in [-0.39, 0.29) is 17.5 Å². The van der Waals surface area contributed by atoms with Crippen LogP contribution in [0.1, 0.15) is 45.6 Å². The number of benzene rings is 1. The maximum absolute atomic E-state index is 14.1. The maximum atomic E-state index is 14.1. The molecule has 2 aromatic rings. The van der Waals surface area contributed by atoms with E-state index >= 15 is 0 Å². The molecule has 0 bridgehead atoms. The summed E-state index contributed by atoms with van der Waals surface area (Å²) in [5.41, 5.74) is 4.18. The van der Waals surface area contributed by atoms with Crippen LogP contribution in [0.15, 0.2) is 24.4 Å². The van der Waals surface area contributed by atoms with Gasteiger partial charge in [-0.15, -0.1) is 0 Å². The number of amides is 1. The van der Waals surface area contributed by atoms with Crippen LogP contribution in [0, 0.1) is 26.6 Å². The summed E-state index contributed by atoms with van der Waals surface area (Å²) in [6.07, 6.45) is 3.58. The second-order valence-corrected chi connectivity index (χ2v) is 7.95. The van der Waals surface area contributed by atoms with Gasteiger partial charge in [0.05, 0.1) is 18.4 Å². The zero-order valence-corrected chi connectivity index (χ0v) is 18.0. The van der Waals surface area contributed by atoms with Crippen molar-refractivity contribution in [2.24, 2.45) is 0 Å². The van der Waals surface area contributed by atoms with Gasteiger partial charge in [-0.3, -0.25) is 14.7 Å². The molecular weight excluding hydrogens is 369 g/mol. The van der Waals surface area contributed by atoms with E-state index in [1.54, 1.807) is 31.2 Å². The number of methoxy groups -OCH3 is 1. The van der Waals surface area contributed by atoms with Gasteiger partial charge in [0, 0.05) is 50.0 Å². The molecule has 29 heavy (non-hydrogen) atoms. The van der Waals surface area contributed by atoms with E-state index in [9.17, 15) is 9.18 Å². The largest absolute Gasteiger partial charge is 0.496 e. The van der Waals surface area contributed by atoms with Gasteiger partial charge in [0.15, 0.2) is 0 Å². The molecule has 0 aliphatic carbocycles. The predicted molar refractivity (Wildman–Crippen MR) is 112 cm³/mol. The van der Waals surface area contributed by atoms with Crippen LogP contribution in [-0.4, -0.2) is 54.0 Å². The summed E-state index contributed by atoms with van der Waals surface area (Å²) in [6, 6.07) is 4.79. The lowest BCUT2D eigenvalue weighted by atomic mass is 10.0. The monoisotopic (exact) mass is 399 g/mol. The van der Waals surface area contributed by atoms with Crippen molar-refractivity contribution in [1.82, 2.24) is 14.8 Å². The van der Waals surface area contributed by atoms with Gasteiger partial charge in [-0.05, 0) is 45.7 Å². The number of aromatic nitrogens is 1. The standard InChI is InChI=1S/C23H30FN3O2/c1-15-6-7-20(24)19(12-15)23(28)26(4)18-8-10-27(11-9-18)14-21-17(3)22(29-5)16(2)13-25-21/h6-7,12-13,18H,8-11,14H2,1-5H3. The second-order valence-electron chi connectivity index (χ2n) is 7.95. The van der Waals surface area contributed by atoms with Crippen LogP contribution >= 0.6 is 0 Å². The Bertz CT molecular complexity index is 892. The Kier molecular flexibility index (Phi) is 6.52. The van der Waals surface area contributed by atoms with Gasteiger partial charge in [0.1, 0.15) is 11.6 Å². The minimum Gasteiger partial charge on any atom is -0.496 e. The first-order valence-electron chi connectivity index (χ1n) is 10.1. The molecule has 1 fully saturated rings. The molecule has 1 aliphatic rings. The summed E-state index contributed by atoms with van der Waals surface area (Å²) in [6.45, 7) is 8.41. The smallest absolute Gasteiger partial charge is 0.256 e. The van der Waals surface area contributed by atoms with Crippen LogP contribution in [0.5, 0.6) is 5.75 Å². The number of hydrogen-bond acceptors (Lipinski definition) is 4. The van der Waals surface area contributed by atoms with Gasteiger partial charge in [0.25, 0.3) is 5.91 Å². The number of carbonyl (C=O) groups is 1. The number of halogens is 1. The van der Waals surface area contributed by atoms with E-state index < -0.39 is 5.82 Å². The molecular formula is C23H30FN3O2. The Labute approximate surface area is 172 Å². The number of nitrogens with zero attached hydrogens (tertiary/aromatic N) is 3. The summed E-state index contributed by atoms with van der Waals surface area (Å²) >= 11 is 0. The summed E-state index contributed by atoms with van der Waals surface area (Å²) in [5.74, 6) is 0.195. The zero-order valence-electron chi connectivity index (χ0n) is 18.0. The van der Waals surface area contributed by atoms with Crippen molar-refractivity contribution in [3.05, 3.63) is 58.2 Å². The summed E-state index contributed by atoms with van der Waals surface area (Å²) < 4.78 is 19.6. The molecule has 0 atom stereocenters. The SMILES string of the molecule is COc1c(C)cnc(CN2CCC(N(C)C(=O)c3cc(C)ccc3F)CC2)c1C. The number of hydrogen-bond donors (Lipinski definition) is 0. The molecule has 1 saturated heterocycles. The molecule has 3 rings (SSSR count). The minimum atomic E-state index is -0.459. The molecule has 2 heterocycles. The lowest BCUT2D eigenvalue weighted by molar-refractivity contribution is 0.0630. The molecule has 0 unspecified atom stereocenters. The average Bonchev–Trinajstić information content (AvgIpc) is 2.72. The molecule has 1 amide bonds.